The van der Waals surface area contributed by atoms with Crippen molar-refractivity contribution >= 4 is 17.0 Å². The third-order valence-electron chi connectivity index (χ3n) is 6.61. The minimum Gasteiger partial charge on any atom is -0.496 e. The van der Waals surface area contributed by atoms with Crippen molar-refractivity contribution in [2.75, 3.05) is 26.1 Å². The van der Waals surface area contributed by atoms with Crippen LogP contribution >= 0.6 is 11.3 Å². The molecule has 0 radical (unpaired) electrons. The molecule has 0 bridgehead atoms. The van der Waals surface area contributed by atoms with E-state index in [4.69, 9.17) is 9.47 Å². The molecule has 4 rings (SSSR count). The highest BCUT2D eigenvalue weighted by Gasteiger charge is 2.28. The third kappa shape index (κ3) is 5.04. The first kappa shape index (κ1) is 21.7. The first-order valence-corrected chi connectivity index (χ1v) is 11.9. The fourth-order valence-corrected chi connectivity index (χ4v) is 5.46. The Kier molecular flexibility index (Phi) is 6.81. The molecular weight excluding hydrogens is 404 g/mol. The summed E-state index contributed by atoms with van der Waals surface area (Å²) in [6.45, 7) is 5.57. The van der Waals surface area contributed by atoms with Gasteiger partial charge in [0.25, 0.3) is 5.19 Å². The molecule has 3 atom stereocenters. The van der Waals surface area contributed by atoms with Crippen molar-refractivity contribution < 1.29 is 9.47 Å². The van der Waals surface area contributed by atoms with Gasteiger partial charge in [0.15, 0.2) is 0 Å². The Labute approximate surface area is 189 Å². The van der Waals surface area contributed by atoms with Gasteiger partial charge in [0.05, 0.1) is 19.1 Å². The van der Waals surface area contributed by atoms with E-state index in [0.29, 0.717) is 22.9 Å². The number of hydrogen-bond acceptors (Lipinski definition) is 5. The standard InChI is InChI=1S/C26H32N2O2S/c1-17-12-19(20-10-11-24(29-3)18(2)13-20)8-9-22(17)15-27-23-7-5-6-21(14-23)25-16-28-26(30-4)31-25/h5-7,10-11,13-14,16-17,19,22,27H,8-9,12,15H2,1-4H3/t17?,19-,22+/m1/s1. The molecule has 1 heterocycles. The summed E-state index contributed by atoms with van der Waals surface area (Å²) in [6, 6.07) is 15.3. The predicted molar refractivity (Wildman–Crippen MR) is 130 cm³/mol. The molecule has 0 saturated heterocycles. The Bertz CT molecular complexity index is 1020. The molecule has 1 aromatic heterocycles. The fraction of sp³-hybridized carbons (Fsp3) is 0.423. The van der Waals surface area contributed by atoms with E-state index in [1.54, 1.807) is 25.6 Å². The van der Waals surface area contributed by atoms with Crippen LogP contribution in [0.2, 0.25) is 0 Å². The monoisotopic (exact) mass is 436 g/mol. The van der Waals surface area contributed by atoms with E-state index in [9.17, 15) is 0 Å². The molecule has 0 spiro atoms. The smallest absolute Gasteiger partial charge is 0.273 e. The van der Waals surface area contributed by atoms with Gasteiger partial charge in [0.2, 0.25) is 0 Å². The Hall–Kier alpha value is -2.53. The van der Waals surface area contributed by atoms with Crippen LogP contribution in [0.15, 0.2) is 48.7 Å². The van der Waals surface area contributed by atoms with Crippen molar-refractivity contribution in [2.45, 2.75) is 39.0 Å². The lowest BCUT2D eigenvalue weighted by Crippen LogP contribution is -2.27. The summed E-state index contributed by atoms with van der Waals surface area (Å²) in [5.74, 6) is 3.03. The Balaban J connectivity index is 1.35. The molecule has 4 nitrogen and oxygen atoms in total. The Morgan fingerprint density at radius 1 is 1.10 bits per heavy atom. The number of methoxy groups -OCH3 is 2. The Morgan fingerprint density at radius 2 is 1.97 bits per heavy atom. The van der Waals surface area contributed by atoms with Gasteiger partial charge >= 0.3 is 0 Å². The van der Waals surface area contributed by atoms with E-state index < -0.39 is 0 Å². The van der Waals surface area contributed by atoms with Crippen LogP contribution in [0.3, 0.4) is 0 Å². The number of aryl methyl sites for hydroxylation is 1. The minimum absolute atomic E-state index is 0.653. The highest BCUT2D eigenvalue weighted by molar-refractivity contribution is 7.16. The second kappa shape index (κ2) is 9.73. The number of nitrogens with one attached hydrogen (secondary N) is 1. The summed E-state index contributed by atoms with van der Waals surface area (Å²) in [5.41, 5.74) is 5.04. The first-order valence-electron chi connectivity index (χ1n) is 11.1. The number of nitrogens with zero attached hydrogens (tertiary/aromatic N) is 1. The predicted octanol–water partition coefficient (Wildman–Crippen LogP) is 6.77. The highest BCUT2D eigenvalue weighted by Crippen LogP contribution is 2.40. The van der Waals surface area contributed by atoms with Crippen LogP contribution < -0.4 is 14.8 Å². The van der Waals surface area contributed by atoms with Crippen LogP contribution in [0.4, 0.5) is 5.69 Å². The largest absolute Gasteiger partial charge is 0.496 e. The van der Waals surface area contributed by atoms with E-state index >= 15 is 0 Å². The van der Waals surface area contributed by atoms with Gasteiger partial charge in [0.1, 0.15) is 5.75 Å². The maximum absolute atomic E-state index is 5.43. The molecule has 31 heavy (non-hydrogen) atoms. The lowest BCUT2D eigenvalue weighted by Gasteiger charge is -2.35. The number of anilines is 1. The van der Waals surface area contributed by atoms with Gasteiger partial charge < -0.3 is 14.8 Å². The van der Waals surface area contributed by atoms with Crippen molar-refractivity contribution in [3.05, 3.63) is 59.8 Å². The summed E-state index contributed by atoms with van der Waals surface area (Å²) in [6.07, 6.45) is 5.64. The quantitative estimate of drug-likeness (QED) is 0.444. The molecule has 164 valence electrons. The fourth-order valence-electron chi connectivity index (χ4n) is 4.74. The van der Waals surface area contributed by atoms with Crippen molar-refractivity contribution in [3.63, 3.8) is 0 Å². The first-order chi connectivity index (χ1) is 15.1. The van der Waals surface area contributed by atoms with Crippen LogP contribution in [-0.2, 0) is 0 Å². The minimum atomic E-state index is 0.653. The van der Waals surface area contributed by atoms with Gasteiger partial charge in [-0.3, -0.25) is 0 Å². The van der Waals surface area contributed by atoms with Gasteiger partial charge in [0, 0.05) is 18.4 Å². The normalized spacial score (nSPS) is 21.0. The van der Waals surface area contributed by atoms with E-state index in [2.05, 4.69) is 66.6 Å². The van der Waals surface area contributed by atoms with Gasteiger partial charge in [-0.2, -0.15) is 0 Å². The second-order valence-electron chi connectivity index (χ2n) is 8.63. The molecule has 1 aliphatic rings. The highest BCUT2D eigenvalue weighted by atomic mass is 32.1. The average Bonchev–Trinajstić information content (AvgIpc) is 3.28. The topological polar surface area (TPSA) is 43.4 Å². The van der Waals surface area contributed by atoms with Gasteiger partial charge in [-0.05, 0) is 78.8 Å². The second-order valence-corrected chi connectivity index (χ2v) is 9.63. The molecule has 0 aliphatic heterocycles. The van der Waals surface area contributed by atoms with Crippen LogP contribution in [-0.4, -0.2) is 25.7 Å². The molecule has 2 aromatic carbocycles. The van der Waals surface area contributed by atoms with Crippen LogP contribution in [0.5, 0.6) is 10.9 Å². The van der Waals surface area contributed by atoms with Gasteiger partial charge in [-0.1, -0.05) is 42.5 Å². The van der Waals surface area contributed by atoms with Crippen molar-refractivity contribution in [3.8, 4) is 21.4 Å². The summed E-state index contributed by atoms with van der Waals surface area (Å²) >= 11 is 1.57. The van der Waals surface area contributed by atoms with Crippen LogP contribution in [0.1, 0.15) is 43.2 Å². The van der Waals surface area contributed by atoms with Crippen molar-refractivity contribution in [2.24, 2.45) is 11.8 Å². The summed E-state index contributed by atoms with van der Waals surface area (Å²) in [4.78, 5) is 5.41. The molecule has 1 unspecified atom stereocenters. The molecule has 5 heteroatoms. The lowest BCUT2D eigenvalue weighted by molar-refractivity contribution is 0.243. The number of thiazole rings is 1. The summed E-state index contributed by atoms with van der Waals surface area (Å²) in [5, 5.41) is 4.39. The zero-order valence-corrected chi connectivity index (χ0v) is 19.7. The third-order valence-corrected chi connectivity index (χ3v) is 7.62. The maximum atomic E-state index is 5.43. The van der Waals surface area contributed by atoms with Crippen LogP contribution in [0, 0.1) is 18.8 Å². The van der Waals surface area contributed by atoms with E-state index in [1.807, 2.05) is 6.20 Å². The van der Waals surface area contributed by atoms with Crippen molar-refractivity contribution in [1.82, 2.24) is 4.98 Å². The Morgan fingerprint density at radius 3 is 2.68 bits per heavy atom. The summed E-state index contributed by atoms with van der Waals surface area (Å²) in [7, 11) is 3.40. The van der Waals surface area contributed by atoms with Gasteiger partial charge in [-0.15, -0.1) is 0 Å². The average molecular weight is 437 g/mol. The molecule has 0 amide bonds. The number of hydrogen-bond donors (Lipinski definition) is 1. The van der Waals surface area contributed by atoms with E-state index in [0.717, 1.165) is 17.2 Å². The molecular formula is C26H32N2O2S. The number of benzene rings is 2. The number of aromatic nitrogens is 1. The zero-order chi connectivity index (χ0) is 21.8. The van der Waals surface area contributed by atoms with E-state index in [1.165, 1.54) is 41.6 Å². The van der Waals surface area contributed by atoms with Crippen LogP contribution in [0.25, 0.3) is 10.4 Å². The van der Waals surface area contributed by atoms with Crippen molar-refractivity contribution in [1.29, 1.82) is 0 Å². The maximum Gasteiger partial charge on any atom is 0.273 e. The SMILES string of the molecule is COc1ncc(-c2cccc(NC[C@@H]3CC[C@@H](c4ccc(OC)c(C)c4)CC3C)c2)s1. The summed E-state index contributed by atoms with van der Waals surface area (Å²) < 4.78 is 10.7. The molecule has 3 aromatic rings. The van der Waals surface area contributed by atoms with Gasteiger partial charge in [-0.25, -0.2) is 4.98 Å². The molecule has 1 fully saturated rings. The molecule has 1 N–H and O–H groups in total. The lowest BCUT2D eigenvalue weighted by atomic mass is 9.72. The molecule has 1 saturated carbocycles. The van der Waals surface area contributed by atoms with E-state index in [-0.39, 0.29) is 0 Å². The number of rotatable bonds is 7. The number of ether oxygens (including phenoxy) is 2. The molecule has 1 aliphatic carbocycles. The zero-order valence-electron chi connectivity index (χ0n) is 18.9.